The lowest BCUT2D eigenvalue weighted by Crippen LogP contribution is -2.47. The summed E-state index contributed by atoms with van der Waals surface area (Å²) < 4.78 is 13.6. The molecule has 1 saturated heterocycles. The van der Waals surface area contributed by atoms with Crippen LogP contribution in [0, 0.1) is 17.2 Å². The van der Waals surface area contributed by atoms with Gasteiger partial charge in [-0.3, -0.25) is 4.79 Å². The van der Waals surface area contributed by atoms with E-state index < -0.39 is 0 Å². The van der Waals surface area contributed by atoms with Gasteiger partial charge in [-0.25, -0.2) is 0 Å². The molecule has 0 saturated carbocycles. The van der Waals surface area contributed by atoms with Gasteiger partial charge in [0.1, 0.15) is 11.8 Å². The molecule has 5 rings (SSSR count). The fourth-order valence-corrected chi connectivity index (χ4v) is 4.70. The van der Waals surface area contributed by atoms with E-state index in [1.54, 1.807) is 6.07 Å². The monoisotopic (exact) mass is 416 g/mol. The molecule has 2 aromatic heterocycles. The highest BCUT2D eigenvalue weighted by molar-refractivity contribution is 5.60. The van der Waals surface area contributed by atoms with E-state index >= 15 is 0 Å². The predicted octanol–water partition coefficient (Wildman–Crippen LogP) is 3.79. The Balaban J connectivity index is 1.42. The molecular formula is C24H24N4O3. The van der Waals surface area contributed by atoms with Crippen LogP contribution < -0.4 is 15.2 Å². The molecule has 2 aliphatic heterocycles. The Morgan fingerprint density at radius 2 is 2.03 bits per heavy atom. The number of aromatic nitrogens is 2. The van der Waals surface area contributed by atoms with Crippen molar-refractivity contribution in [2.45, 2.75) is 32.2 Å². The van der Waals surface area contributed by atoms with E-state index in [9.17, 15) is 10.1 Å². The van der Waals surface area contributed by atoms with Gasteiger partial charge in [-0.05, 0) is 49.1 Å². The van der Waals surface area contributed by atoms with E-state index in [4.69, 9.17) is 9.15 Å². The predicted molar refractivity (Wildman–Crippen MR) is 116 cm³/mol. The molecule has 0 N–H and O–H groups in total. The molecule has 0 unspecified atom stereocenters. The Morgan fingerprint density at radius 3 is 2.81 bits per heavy atom. The van der Waals surface area contributed by atoms with E-state index in [2.05, 4.69) is 22.9 Å². The van der Waals surface area contributed by atoms with Crippen LogP contribution >= 0.6 is 0 Å². The van der Waals surface area contributed by atoms with E-state index in [0.29, 0.717) is 43.1 Å². The van der Waals surface area contributed by atoms with Crippen molar-refractivity contribution < 1.29 is 9.15 Å². The molecule has 1 fully saturated rings. The van der Waals surface area contributed by atoms with Crippen LogP contribution in [0.3, 0.4) is 0 Å². The van der Waals surface area contributed by atoms with Gasteiger partial charge in [0, 0.05) is 42.9 Å². The van der Waals surface area contributed by atoms with Crippen LogP contribution in [0.4, 0.5) is 5.88 Å². The molecule has 4 heterocycles. The summed E-state index contributed by atoms with van der Waals surface area (Å²) >= 11 is 0. The molecule has 1 aromatic carbocycles. The number of rotatable bonds is 5. The number of pyridine rings is 1. The summed E-state index contributed by atoms with van der Waals surface area (Å²) in [7, 11) is 0. The Hall–Kier alpha value is -3.53. The third-order valence-electron chi connectivity index (χ3n) is 6.06. The van der Waals surface area contributed by atoms with Crippen LogP contribution in [0.1, 0.15) is 37.1 Å². The Kier molecular flexibility index (Phi) is 4.99. The van der Waals surface area contributed by atoms with Crippen LogP contribution in [0.5, 0.6) is 5.75 Å². The summed E-state index contributed by atoms with van der Waals surface area (Å²) in [4.78, 5) is 18.8. The summed E-state index contributed by atoms with van der Waals surface area (Å²) in [5, 5.41) is 9.68. The van der Waals surface area contributed by atoms with Crippen molar-refractivity contribution >= 4 is 5.88 Å². The van der Waals surface area contributed by atoms with Crippen molar-refractivity contribution in [2.75, 3.05) is 24.6 Å². The van der Waals surface area contributed by atoms with Crippen LogP contribution in [0.25, 0.3) is 11.5 Å². The second-order valence-electron chi connectivity index (χ2n) is 8.26. The van der Waals surface area contributed by atoms with Gasteiger partial charge in [0.25, 0.3) is 5.56 Å². The summed E-state index contributed by atoms with van der Waals surface area (Å²) in [5.74, 6) is 2.32. The highest BCUT2D eigenvalue weighted by atomic mass is 16.5. The fraction of sp³-hybridized carbons (Fsp3) is 0.375. The maximum Gasteiger partial charge on any atom is 0.250 e. The number of nitriles is 1. The summed E-state index contributed by atoms with van der Waals surface area (Å²) in [5.41, 5.74) is 2.23. The summed E-state index contributed by atoms with van der Waals surface area (Å²) in [6.07, 6.45) is 2.00. The first kappa shape index (κ1) is 19.4. The lowest BCUT2D eigenvalue weighted by Gasteiger charge is -2.42. The fourth-order valence-electron chi connectivity index (χ4n) is 4.70. The lowest BCUT2D eigenvalue weighted by atomic mass is 9.83. The Bertz CT molecular complexity index is 1190. The lowest BCUT2D eigenvalue weighted by molar-refractivity contribution is 0.275. The minimum absolute atomic E-state index is 0.0617. The quantitative estimate of drug-likeness (QED) is 0.629. The zero-order chi connectivity index (χ0) is 21.4. The van der Waals surface area contributed by atoms with Crippen LogP contribution in [0.2, 0.25) is 0 Å². The molecule has 3 aromatic rings. The molecule has 0 aliphatic carbocycles. The zero-order valence-electron chi connectivity index (χ0n) is 17.5. The molecular weight excluding hydrogens is 392 g/mol. The largest absolute Gasteiger partial charge is 0.494 e. The normalized spacial score (nSPS) is 19.5. The van der Waals surface area contributed by atoms with E-state index in [1.807, 2.05) is 41.0 Å². The van der Waals surface area contributed by atoms with Gasteiger partial charge in [0.15, 0.2) is 0 Å². The second kappa shape index (κ2) is 7.95. The van der Waals surface area contributed by atoms with Gasteiger partial charge in [0.2, 0.25) is 17.5 Å². The number of oxazole rings is 1. The number of hydrogen-bond acceptors (Lipinski definition) is 6. The first-order valence-corrected chi connectivity index (χ1v) is 10.7. The molecule has 2 aliphatic rings. The molecule has 0 radical (unpaired) electrons. The van der Waals surface area contributed by atoms with Crippen LogP contribution in [-0.4, -0.2) is 29.2 Å². The van der Waals surface area contributed by atoms with Gasteiger partial charge in [-0.2, -0.15) is 10.2 Å². The number of anilines is 1. The van der Waals surface area contributed by atoms with Gasteiger partial charge in [-0.1, -0.05) is 13.0 Å². The van der Waals surface area contributed by atoms with Gasteiger partial charge in [0.05, 0.1) is 6.61 Å². The maximum atomic E-state index is 12.3. The first-order valence-electron chi connectivity index (χ1n) is 10.7. The standard InChI is InChI=1S/C24H24N4O3/c1-2-10-30-19-8-6-17(7-9-19)23-26-20(12-25)24(31-23)27-13-16-11-18(15-27)21-4-3-5-22(29)28(21)14-16/h3-9,16,18H,2,10-11,13-15H2,1H3/t16-,18-/m0/s1. The number of fused-ring (bicyclic) bond motifs is 4. The summed E-state index contributed by atoms with van der Waals surface area (Å²) in [6.45, 7) is 4.88. The third-order valence-corrected chi connectivity index (χ3v) is 6.06. The van der Waals surface area contributed by atoms with Crippen LogP contribution in [0.15, 0.2) is 51.7 Å². The van der Waals surface area contributed by atoms with E-state index in [0.717, 1.165) is 36.4 Å². The molecule has 158 valence electrons. The van der Waals surface area contributed by atoms with Crippen LogP contribution in [-0.2, 0) is 6.54 Å². The van der Waals surface area contributed by atoms with Gasteiger partial charge in [-0.15, -0.1) is 0 Å². The average molecular weight is 416 g/mol. The minimum atomic E-state index is 0.0617. The minimum Gasteiger partial charge on any atom is -0.494 e. The second-order valence-corrected chi connectivity index (χ2v) is 8.26. The molecule has 2 atom stereocenters. The summed E-state index contributed by atoms with van der Waals surface area (Å²) in [6, 6.07) is 15.2. The van der Waals surface area contributed by atoms with E-state index in [-0.39, 0.29) is 11.5 Å². The van der Waals surface area contributed by atoms with Crippen molar-refractivity contribution in [3.8, 4) is 23.3 Å². The number of nitrogens with zero attached hydrogens (tertiary/aromatic N) is 4. The molecule has 7 nitrogen and oxygen atoms in total. The smallest absolute Gasteiger partial charge is 0.250 e. The number of benzene rings is 1. The van der Waals surface area contributed by atoms with Gasteiger partial charge < -0.3 is 18.6 Å². The average Bonchev–Trinajstić information content (AvgIpc) is 3.23. The Morgan fingerprint density at radius 1 is 1.19 bits per heavy atom. The van der Waals surface area contributed by atoms with Crippen molar-refractivity contribution in [3.63, 3.8) is 0 Å². The van der Waals surface area contributed by atoms with Crippen molar-refractivity contribution in [1.29, 1.82) is 5.26 Å². The number of piperidine rings is 1. The van der Waals surface area contributed by atoms with Gasteiger partial charge >= 0.3 is 0 Å². The zero-order valence-corrected chi connectivity index (χ0v) is 17.5. The SMILES string of the molecule is CCCOc1ccc(-c2nc(C#N)c(N3C[C@@H]4C[C@@H](C3)c3cccc(=O)n3C4)o2)cc1. The molecule has 0 amide bonds. The number of hydrogen-bond donors (Lipinski definition) is 0. The topological polar surface area (TPSA) is 84.3 Å². The highest BCUT2D eigenvalue weighted by Crippen LogP contribution is 2.39. The highest BCUT2D eigenvalue weighted by Gasteiger charge is 2.36. The first-order chi connectivity index (χ1) is 15.2. The Labute approximate surface area is 180 Å². The maximum absolute atomic E-state index is 12.3. The number of ether oxygens (including phenoxy) is 1. The van der Waals surface area contributed by atoms with Crippen molar-refractivity contribution in [2.24, 2.45) is 5.92 Å². The van der Waals surface area contributed by atoms with Crippen molar-refractivity contribution in [3.05, 3.63) is 64.2 Å². The molecule has 2 bridgehead atoms. The van der Waals surface area contributed by atoms with Crippen molar-refractivity contribution in [1.82, 2.24) is 9.55 Å². The molecule has 31 heavy (non-hydrogen) atoms. The molecule has 7 heteroatoms. The molecule has 0 spiro atoms. The third kappa shape index (κ3) is 3.59. The van der Waals surface area contributed by atoms with E-state index in [1.165, 1.54) is 0 Å².